The van der Waals surface area contributed by atoms with Gasteiger partial charge in [-0.2, -0.15) is 0 Å². The van der Waals surface area contributed by atoms with Gasteiger partial charge in [0.2, 0.25) is 5.91 Å². The van der Waals surface area contributed by atoms with E-state index in [9.17, 15) is 14.7 Å². The molecule has 172 valence electrons. The van der Waals surface area contributed by atoms with E-state index in [0.29, 0.717) is 35.8 Å². The van der Waals surface area contributed by atoms with Crippen LogP contribution in [0.3, 0.4) is 0 Å². The van der Waals surface area contributed by atoms with E-state index >= 15 is 0 Å². The highest BCUT2D eigenvalue weighted by atomic mass is 35.5. The fourth-order valence-corrected chi connectivity index (χ4v) is 4.40. The molecule has 0 bridgehead atoms. The number of hydrogen-bond acceptors (Lipinski definition) is 4. The van der Waals surface area contributed by atoms with Crippen molar-refractivity contribution in [2.75, 3.05) is 6.61 Å². The highest BCUT2D eigenvalue weighted by molar-refractivity contribution is 6.30. The second kappa shape index (κ2) is 10.4. The summed E-state index contributed by atoms with van der Waals surface area (Å²) in [4.78, 5) is 23.6. The molecule has 2 N–H and O–H groups in total. The normalized spacial score (nSPS) is 22.9. The van der Waals surface area contributed by atoms with Crippen molar-refractivity contribution >= 4 is 23.5 Å². The average Bonchev–Trinajstić information content (AvgIpc) is 2.72. The predicted octanol–water partition coefficient (Wildman–Crippen LogP) is 5.70. The summed E-state index contributed by atoms with van der Waals surface area (Å²) in [6.07, 6.45) is 2.12. The van der Waals surface area contributed by atoms with E-state index in [4.69, 9.17) is 21.1 Å². The second-order valence-corrected chi connectivity index (χ2v) is 9.01. The number of unbranched alkanes of at least 4 members (excludes halogenated alkanes) is 1. The fraction of sp³-hybridized carbons (Fsp3) is 0.440. The second-order valence-electron chi connectivity index (χ2n) is 8.58. The first-order chi connectivity index (χ1) is 15.2. The zero-order valence-electron chi connectivity index (χ0n) is 18.7. The maximum Gasteiger partial charge on any atom is 0.335 e. The Morgan fingerprint density at radius 1 is 1.22 bits per heavy atom. The molecular formula is C25H30ClNO5. The molecule has 3 atom stereocenters. The van der Waals surface area contributed by atoms with E-state index in [2.05, 4.69) is 12.2 Å². The molecule has 1 fully saturated rings. The topological polar surface area (TPSA) is 84.9 Å². The number of halogens is 1. The summed E-state index contributed by atoms with van der Waals surface area (Å²) >= 11 is 6.21. The molecule has 7 heteroatoms. The van der Waals surface area contributed by atoms with Gasteiger partial charge in [-0.1, -0.05) is 37.1 Å². The summed E-state index contributed by atoms with van der Waals surface area (Å²) in [5.74, 6) is -0.541. The molecule has 32 heavy (non-hydrogen) atoms. The molecule has 1 amide bonds. The molecule has 2 aromatic carbocycles. The van der Waals surface area contributed by atoms with Crippen LogP contribution in [0.15, 0.2) is 42.5 Å². The van der Waals surface area contributed by atoms with Crippen LogP contribution in [0.5, 0.6) is 5.75 Å². The molecule has 1 saturated heterocycles. The van der Waals surface area contributed by atoms with Gasteiger partial charge < -0.3 is 19.9 Å². The summed E-state index contributed by atoms with van der Waals surface area (Å²) in [6, 6.07) is 12.3. The molecule has 0 radical (unpaired) electrons. The van der Waals surface area contributed by atoms with Crippen molar-refractivity contribution in [1.29, 1.82) is 0 Å². The predicted molar refractivity (Wildman–Crippen MR) is 123 cm³/mol. The summed E-state index contributed by atoms with van der Waals surface area (Å²) in [6.45, 7) is 6.09. The molecule has 0 aliphatic carbocycles. The Kier molecular flexibility index (Phi) is 7.80. The Morgan fingerprint density at radius 3 is 2.62 bits per heavy atom. The molecular weight excluding hydrogens is 430 g/mol. The van der Waals surface area contributed by atoms with Gasteiger partial charge in [0, 0.05) is 35.9 Å². The van der Waals surface area contributed by atoms with Crippen molar-refractivity contribution in [3.8, 4) is 5.75 Å². The van der Waals surface area contributed by atoms with Crippen molar-refractivity contribution in [3.05, 3.63) is 64.2 Å². The number of rotatable bonds is 8. The molecule has 1 aliphatic rings. The molecule has 6 nitrogen and oxygen atoms in total. The van der Waals surface area contributed by atoms with Crippen LogP contribution in [0, 0.1) is 0 Å². The first-order valence-corrected chi connectivity index (χ1v) is 11.3. The smallest absolute Gasteiger partial charge is 0.335 e. The number of carbonyl (C=O) groups is 2. The number of carboxylic acid groups (broad SMARTS) is 1. The minimum absolute atomic E-state index is 0.128. The van der Waals surface area contributed by atoms with Crippen LogP contribution >= 0.6 is 11.6 Å². The molecule has 0 spiro atoms. The third-order valence-electron chi connectivity index (χ3n) is 5.66. The van der Waals surface area contributed by atoms with Gasteiger partial charge in [-0.25, -0.2) is 4.79 Å². The van der Waals surface area contributed by atoms with Crippen LogP contribution in [0.25, 0.3) is 0 Å². The zero-order chi connectivity index (χ0) is 23.3. The number of benzene rings is 2. The monoisotopic (exact) mass is 459 g/mol. The molecule has 0 aromatic heterocycles. The van der Waals surface area contributed by atoms with Gasteiger partial charge in [0.15, 0.2) is 0 Å². The first-order valence-electron chi connectivity index (χ1n) is 10.9. The fourth-order valence-electron chi connectivity index (χ4n) is 4.20. The van der Waals surface area contributed by atoms with E-state index in [-0.39, 0.29) is 17.6 Å². The van der Waals surface area contributed by atoms with E-state index in [0.717, 1.165) is 18.4 Å². The highest BCUT2D eigenvalue weighted by Gasteiger charge is 2.41. The van der Waals surface area contributed by atoms with Crippen LogP contribution in [0.2, 0.25) is 5.02 Å². The highest BCUT2D eigenvalue weighted by Crippen LogP contribution is 2.46. The molecule has 0 unspecified atom stereocenters. The van der Waals surface area contributed by atoms with E-state index < -0.39 is 17.6 Å². The van der Waals surface area contributed by atoms with Crippen LogP contribution < -0.4 is 10.1 Å². The quantitative estimate of drug-likeness (QED) is 0.494. The van der Waals surface area contributed by atoms with Crippen LogP contribution in [0.1, 0.15) is 80.1 Å². The number of aromatic carboxylic acids is 1. The van der Waals surface area contributed by atoms with Gasteiger partial charge in [0.1, 0.15) is 5.75 Å². The van der Waals surface area contributed by atoms with E-state index in [1.54, 1.807) is 18.2 Å². The van der Waals surface area contributed by atoms with Gasteiger partial charge >= 0.3 is 5.97 Å². The number of carboxylic acids is 1. The molecule has 2 aromatic rings. The standard InChI is InChI=1S/C25H30ClNO5/c1-4-5-11-31-21-10-9-18(24(29)30)13-20(21)23-15-25(3,27-16(2)28)14-22(32-23)17-7-6-8-19(26)12-17/h6-10,12-13,22-23H,4-5,11,14-15H2,1-3H3,(H,27,28)(H,29,30)/t22-,23+,25+/m0/s1. The average molecular weight is 460 g/mol. The summed E-state index contributed by atoms with van der Waals surface area (Å²) in [5, 5.41) is 13.2. The Hall–Kier alpha value is -2.57. The summed E-state index contributed by atoms with van der Waals surface area (Å²) < 4.78 is 12.5. The third kappa shape index (κ3) is 6.02. The number of ether oxygens (including phenoxy) is 2. The minimum atomic E-state index is -1.02. The van der Waals surface area contributed by atoms with Gasteiger partial charge in [-0.15, -0.1) is 0 Å². The maximum absolute atomic E-state index is 12.0. The Morgan fingerprint density at radius 2 is 1.97 bits per heavy atom. The molecule has 1 aliphatic heterocycles. The summed E-state index contributed by atoms with van der Waals surface area (Å²) in [7, 11) is 0. The number of carbonyl (C=O) groups excluding carboxylic acids is 1. The zero-order valence-corrected chi connectivity index (χ0v) is 19.4. The Labute approximate surface area is 193 Å². The van der Waals surface area contributed by atoms with Crippen LogP contribution in [-0.2, 0) is 9.53 Å². The SMILES string of the molecule is CCCCOc1ccc(C(=O)O)cc1[C@H]1C[C@](C)(NC(C)=O)C[C@@H](c2cccc(Cl)c2)O1. The van der Waals surface area contributed by atoms with Gasteiger partial charge in [-0.3, -0.25) is 4.79 Å². The van der Waals surface area contributed by atoms with Gasteiger partial charge in [0.05, 0.1) is 24.4 Å². The molecule has 0 saturated carbocycles. The Bertz CT molecular complexity index is 979. The minimum Gasteiger partial charge on any atom is -0.493 e. The lowest BCUT2D eigenvalue weighted by atomic mass is 9.81. The lowest BCUT2D eigenvalue weighted by molar-refractivity contribution is -0.126. The third-order valence-corrected chi connectivity index (χ3v) is 5.89. The lowest BCUT2D eigenvalue weighted by Gasteiger charge is -2.43. The molecule has 1 heterocycles. The Balaban J connectivity index is 2.02. The van der Waals surface area contributed by atoms with Crippen molar-refractivity contribution < 1.29 is 24.2 Å². The van der Waals surface area contributed by atoms with E-state index in [1.165, 1.54) is 13.0 Å². The van der Waals surface area contributed by atoms with Crippen molar-refractivity contribution in [2.45, 2.75) is 64.2 Å². The largest absolute Gasteiger partial charge is 0.493 e. The maximum atomic E-state index is 12.0. The van der Waals surface area contributed by atoms with Gasteiger partial charge in [-0.05, 0) is 49.2 Å². The van der Waals surface area contributed by atoms with E-state index in [1.807, 2.05) is 25.1 Å². The molecule has 3 rings (SSSR count). The number of amides is 1. The van der Waals surface area contributed by atoms with Gasteiger partial charge in [0.25, 0.3) is 0 Å². The number of nitrogens with one attached hydrogen (secondary N) is 1. The van der Waals surface area contributed by atoms with Crippen LogP contribution in [-0.4, -0.2) is 29.1 Å². The summed E-state index contributed by atoms with van der Waals surface area (Å²) in [5.41, 5.74) is 1.19. The van der Waals surface area contributed by atoms with Crippen molar-refractivity contribution in [1.82, 2.24) is 5.32 Å². The van der Waals surface area contributed by atoms with Crippen LogP contribution in [0.4, 0.5) is 0 Å². The lowest BCUT2D eigenvalue weighted by Crippen LogP contribution is -2.50. The van der Waals surface area contributed by atoms with Crippen molar-refractivity contribution in [3.63, 3.8) is 0 Å². The first kappa shape index (κ1) is 24.1. The van der Waals surface area contributed by atoms with Crippen molar-refractivity contribution in [2.24, 2.45) is 0 Å². The number of hydrogen-bond donors (Lipinski definition) is 2.